The summed E-state index contributed by atoms with van der Waals surface area (Å²) in [7, 11) is 0. The average Bonchev–Trinajstić information content (AvgIpc) is 3.57. The predicted octanol–water partition coefficient (Wildman–Crippen LogP) is 2.06. The summed E-state index contributed by atoms with van der Waals surface area (Å²) >= 11 is 0. The molecule has 2 saturated heterocycles. The first-order valence-corrected chi connectivity index (χ1v) is 20.3. The standard InChI is InChI=1S/C40H66N2O13/c1-25(44)15-13-11-9-7-5-3-2-4-6-8-10-12-14-16-32(45)41-20-19-26-22-42-29-18-17-27(21-28(26)29)53-40-38(51)36(49)34(47)31(55-40)24-52-39-37(50)35(48)33(46)30(23-43)54-39/h17-18,21-22,25,30-31,33-40,42-44,46-51H,2-16,19-20,23-24H2,1H3,(H,41,45)/t25-,30-,31-,33-,34-,35-,36+,37+,38+,39-,40-/m1/s1. The number of hydrogen-bond donors (Lipinski definition) is 10. The zero-order valence-electron chi connectivity index (χ0n) is 32.2. The van der Waals surface area contributed by atoms with Gasteiger partial charge in [-0.1, -0.05) is 77.0 Å². The Morgan fingerprint density at radius 2 is 1.33 bits per heavy atom. The zero-order chi connectivity index (χ0) is 39.7. The number of aliphatic hydroxyl groups is 8. The third-order valence-electron chi connectivity index (χ3n) is 10.7. The SMILES string of the molecule is C[C@@H](O)CCCCCCCCCCCCCCCC(=O)NCCc1c[nH]c2ccc(O[C@@H]3O[C@H](CO[C@@H]4O[C@H](CO)[C@@H](O)[C@@H](O)[C@@H]4O)[C@@H](O)[C@H](O)[C@@H]3O)cc12. The summed E-state index contributed by atoms with van der Waals surface area (Å²) in [6, 6.07) is 5.19. The number of carbonyl (C=O) groups is 1. The topological polar surface area (TPSA) is 244 Å². The highest BCUT2D eigenvalue weighted by atomic mass is 16.7. The summed E-state index contributed by atoms with van der Waals surface area (Å²) in [6.07, 6.45) is 4.14. The van der Waals surface area contributed by atoms with Gasteiger partial charge in [0.2, 0.25) is 12.2 Å². The van der Waals surface area contributed by atoms with Crippen molar-refractivity contribution >= 4 is 16.8 Å². The molecule has 0 aliphatic carbocycles. The second-order valence-electron chi connectivity index (χ2n) is 15.3. The van der Waals surface area contributed by atoms with Gasteiger partial charge < -0.3 is 70.1 Å². The van der Waals surface area contributed by atoms with Gasteiger partial charge in [0.25, 0.3) is 0 Å². The fourth-order valence-electron chi connectivity index (χ4n) is 7.21. The maximum atomic E-state index is 12.5. The number of aromatic amines is 1. The molecule has 3 heterocycles. The predicted molar refractivity (Wildman–Crippen MR) is 203 cm³/mol. The number of rotatable bonds is 25. The van der Waals surface area contributed by atoms with Gasteiger partial charge in [-0.2, -0.15) is 0 Å². The maximum absolute atomic E-state index is 12.5. The molecule has 0 radical (unpaired) electrons. The summed E-state index contributed by atoms with van der Waals surface area (Å²) < 4.78 is 22.5. The van der Waals surface area contributed by atoms with Crippen LogP contribution in [0.5, 0.6) is 5.75 Å². The van der Waals surface area contributed by atoms with Gasteiger partial charge in [-0.05, 0) is 49.9 Å². The highest BCUT2D eigenvalue weighted by Crippen LogP contribution is 2.30. The Morgan fingerprint density at radius 3 is 1.95 bits per heavy atom. The molecule has 2 fully saturated rings. The Morgan fingerprint density at radius 1 is 0.764 bits per heavy atom. The quantitative estimate of drug-likeness (QED) is 0.0650. The molecule has 1 aromatic heterocycles. The number of H-pyrrole nitrogens is 1. The van der Waals surface area contributed by atoms with Crippen molar-refractivity contribution in [3.63, 3.8) is 0 Å². The molecule has 11 atom stereocenters. The number of carbonyl (C=O) groups excluding carboxylic acids is 1. The molecule has 1 aromatic carbocycles. The van der Waals surface area contributed by atoms with Crippen LogP contribution in [0, 0.1) is 0 Å². The van der Waals surface area contributed by atoms with Gasteiger partial charge in [-0.3, -0.25) is 4.79 Å². The molecule has 15 heteroatoms. The summed E-state index contributed by atoms with van der Waals surface area (Å²) in [6.45, 7) is 1.21. The molecule has 4 rings (SSSR count). The van der Waals surface area contributed by atoms with Crippen LogP contribution in [0.15, 0.2) is 24.4 Å². The lowest BCUT2D eigenvalue weighted by Crippen LogP contribution is -2.62. The van der Waals surface area contributed by atoms with Crippen LogP contribution in [0.3, 0.4) is 0 Å². The number of aliphatic hydroxyl groups excluding tert-OH is 8. The molecule has 2 aliphatic heterocycles. The summed E-state index contributed by atoms with van der Waals surface area (Å²) in [5.74, 6) is 0.346. The molecule has 15 nitrogen and oxygen atoms in total. The van der Waals surface area contributed by atoms with Crippen molar-refractivity contribution in [3.8, 4) is 5.75 Å². The van der Waals surface area contributed by atoms with Crippen LogP contribution in [0.1, 0.15) is 109 Å². The van der Waals surface area contributed by atoms with Crippen molar-refractivity contribution in [2.24, 2.45) is 0 Å². The van der Waals surface area contributed by atoms with Crippen LogP contribution in [-0.2, 0) is 25.4 Å². The molecule has 314 valence electrons. The Labute approximate surface area is 324 Å². The lowest BCUT2D eigenvalue weighted by Gasteiger charge is -2.42. The number of nitrogens with one attached hydrogen (secondary N) is 2. The number of benzene rings is 1. The molecule has 55 heavy (non-hydrogen) atoms. The highest BCUT2D eigenvalue weighted by molar-refractivity contribution is 5.84. The van der Waals surface area contributed by atoms with Crippen molar-refractivity contribution in [3.05, 3.63) is 30.0 Å². The minimum absolute atomic E-state index is 0.0315. The smallest absolute Gasteiger partial charge is 0.229 e. The molecule has 0 unspecified atom stereocenters. The van der Waals surface area contributed by atoms with Crippen LogP contribution in [0.4, 0.5) is 0 Å². The largest absolute Gasteiger partial charge is 0.462 e. The van der Waals surface area contributed by atoms with Gasteiger partial charge >= 0.3 is 0 Å². The van der Waals surface area contributed by atoms with Crippen molar-refractivity contribution in [1.29, 1.82) is 0 Å². The molecule has 0 saturated carbocycles. The van der Waals surface area contributed by atoms with Crippen molar-refractivity contribution in [2.45, 2.75) is 177 Å². The van der Waals surface area contributed by atoms with Crippen LogP contribution in [0.25, 0.3) is 10.9 Å². The van der Waals surface area contributed by atoms with Crippen molar-refractivity contribution in [1.82, 2.24) is 10.3 Å². The third kappa shape index (κ3) is 14.2. The van der Waals surface area contributed by atoms with E-state index in [2.05, 4.69) is 10.3 Å². The summed E-state index contributed by atoms with van der Waals surface area (Å²) in [5.41, 5.74) is 1.78. The van der Waals surface area contributed by atoms with Gasteiger partial charge in [0, 0.05) is 30.1 Å². The average molecular weight is 783 g/mol. The second-order valence-corrected chi connectivity index (χ2v) is 15.3. The van der Waals surface area contributed by atoms with Crippen LogP contribution in [-0.4, -0.2) is 139 Å². The van der Waals surface area contributed by atoms with E-state index in [1.165, 1.54) is 57.8 Å². The van der Waals surface area contributed by atoms with Crippen molar-refractivity contribution < 1.29 is 64.6 Å². The molecule has 0 spiro atoms. The fourth-order valence-corrected chi connectivity index (χ4v) is 7.21. The minimum Gasteiger partial charge on any atom is -0.462 e. The maximum Gasteiger partial charge on any atom is 0.229 e. The minimum atomic E-state index is -1.68. The number of fused-ring (bicyclic) bond motifs is 1. The van der Waals surface area contributed by atoms with Crippen LogP contribution < -0.4 is 10.1 Å². The molecule has 10 N–H and O–H groups in total. The van der Waals surface area contributed by atoms with Gasteiger partial charge in [0.15, 0.2) is 6.29 Å². The second kappa shape index (κ2) is 23.7. The monoisotopic (exact) mass is 782 g/mol. The van der Waals surface area contributed by atoms with E-state index in [0.29, 0.717) is 25.1 Å². The Hall–Kier alpha value is -2.41. The first-order chi connectivity index (χ1) is 26.5. The molecular weight excluding hydrogens is 716 g/mol. The van der Waals surface area contributed by atoms with E-state index >= 15 is 0 Å². The van der Waals surface area contributed by atoms with E-state index in [4.69, 9.17) is 18.9 Å². The van der Waals surface area contributed by atoms with Crippen LogP contribution in [0.2, 0.25) is 0 Å². The molecule has 2 aromatic rings. The first kappa shape index (κ1) is 45.3. The summed E-state index contributed by atoms with van der Waals surface area (Å²) in [5, 5.41) is 84.6. The van der Waals surface area contributed by atoms with E-state index in [1.807, 2.05) is 13.1 Å². The molecular formula is C40H66N2O13. The fraction of sp³-hybridized carbons (Fsp3) is 0.775. The highest BCUT2D eigenvalue weighted by Gasteiger charge is 2.48. The molecule has 0 bridgehead atoms. The van der Waals surface area contributed by atoms with Gasteiger partial charge in [-0.15, -0.1) is 0 Å². The number of hydrogen-bond acceptors (Lipinski definition) is 13. The zero-order valence-corrected chi connectivity index (χ0v) is 32.2. The normalized spacial score (nSPS) is 29.0. The number of ether oxygens (including phenoxy) is 4. The van der Waals surface area contributed by atoms with E-state index in [-0.39, 0.29) is 12.0 Å². The number of amides is 1. The Bertz CT molecular complexity index is 1380. The Kier molecular flexibility index (Phi) is 19.5. The Balaban J connectivity index is 1.13. The van der Waals surface area contributed by atoms with Crippen LogP contribution >= 0.6 is 0 Å². The van der Waals surface area contributed by atoms with Gasteiger partial charge in [0.05, 0.1) is 19.3 Å². The van der Waals surface area contributed by atoms with Gasteiger partial charge in [0.1, 0.15) is 54.6 Å². The van der Waals surface area contributed by atoms with Gasteiger partial charge in [-0.25, -0.2) is 0 Å². The number of unbranched alkanes of at least 4 members (excludes halogenated alkanes) is 12. The third-order valence-corrected chi connectivity index (χ3v) is 10.7. The number of aromatic nitrogens is 1. The lowest BCUT2D eigenvalue weighted by atomic mass is 9.98. The van der Waals surface area contributed by atoms with Crippen molar-refractivity contribution in [2.75, 3.05) is 19.8 Å². The van der Waals surface area contributed by atoms with E-state index in [1.54, 1.807) is 18.2 Å². The summed E-state index contributed by atoms with van der Waals surface area (Å²) in [4.78, 5) is 15.7. The van der Waals surface area contributed by atoms with E-state index < -0.39 is 74.6 Å². The molecule has 1 amide bonds. The molecule has 2 aliphatic rings. The lowest BCUT2D eigenvalue weighted by molar-refractivity contribution is -0.323. The van der Waals surface area contributed by atoms with E-state index in [0.717, 1.165) is 48.6 Å². The van der Waals surface area contributed by atoms with E-state index in [9.17, 15) is 45.6 Å². The first-order valence-electron chi connectivity index (χ1n) is 20.3.